The first-order chi connectivity index (χ1) is 10.6. The molecule has 0 bridgehead atoms. The topological polar surface area (TPSA) is 55.9 Å². The first-order valence-corrected chi connectivity index (χ1v) is 8.71. The number of likely N-dealkylation sites (tertiary alicyclic amines) is 2. The molecule has 3 aliphatic heterocycles. The van der Waals surface area contributed by atoms with Gasteiger partial charge in [-0.05, 0) is 32.6 Å². The van der Waals surface area contributed by atoms with Gasteiger partial charge in [0.25, 0.3) is 0 Å². The molecule has 0 aromatic rings. The quantitative estimate of drug-likeness (QED) is 0.776. The third kappa shape index (κ3) is 4.29. The molecule has 1 atom stereocenters. The number of hydrogen-bond acceptors (Lipinski definition) is 3. The molecule has 3 aliphatic rings. The number of carbonyl (C=O) groups excluding carboxylic acids is 2. The van der Waals surface area contributed by atoms with Crippen LogP contribution in [0.3, 0.4) is 0 Å². The van der Waals surface area contributed by atoms with Crippen molar-refractivity contribution < 1.29 is 9.59 Å². The lowest BCUT2D eigenvalue weighted by molar-refractivity contribution is -0.138. The van der Waals surface area contributed by atoms with E-state index >= 15 is 0 Å². The molecule has 0 radical (unpaired) electrons. The fourth-order valence-electron chi connectivity index (χ4n) is 3.82. The summed E-state index contributed by atoms with van der Waals surface area (Å²) in [6.07, 6.45) is 3.89. The van der Waals surface area contributed by atoms with Crippen LogP contribution in [0.1, 0.15) is 32.6 Å². The zero-order chi connectivity index (χ0) is 15.5. The van der Waals surface area contributed by atoms with Gasteiger partial charge in [0.1, 0.15) is 0 Å². The highest BCUT2D eigenvalue weighted by molar-refractivity contribution is 5.85. The Morgan fingerprint density at radius 2 is 1.52 bits per heavy atom. The van der Waals surface area contributed by atoms with E-state index < -0.39 is 0 Å². The van der Waals surface area contributed by atoms with Crippen LogP contribution in [-0.2, 0) is 4.79 Å². The molecule has 3 fully saturated rings. The molecule has 0 spiro atoms. The van der Waals surface area contributed by atoms with Crippen molar-refractivity contribution >= 4 is 24.3 Å². The molecule has 0 aromatic heterocycles. The maximum Gasteiger partial charge on any atom is 0.319 e. The maximum atomic E-state index is 12.6. The summed E-state index contributed by atoms with van der Waals surface area (Å²) in [5.74, 6) is 0.398. The Labute approximate surface area is 145 Å². The Morgan fingerprint density at radius 3 is 2.13 bits per heavy atom. The molecule has 3 heterocycles. The lowest BCUT2D eigenvalue weighted by atomic mass is 9.95. The van der Waals surface area contributed by atoms with Crippen LogP contribution in [0.2, 0.25) is 0 Å². The summed E-state index contributed by atoms with van der Waals surface area (Å²) < 4.78 is 0. The smallest absolute Gasteiger partial charge is 0.319 e. The molecular formula is C16H29ClN4O2. The highest BCUT2D eigenvalue weighted by Gasteiger charge is 2.33. The zero-order valence-corrected chi connectivity index (χ0v) is 14.8. The summed E-state index contributed by atoms with van der Waals surface area (Å²) in [7, 11) is 0. The number of carbonyl (C=O) groups is 2. The van der Waals surface area contributed by atoms with Crippen molar-refractivity contribution in [3.8, 4) is 0 Å². The molecule has 0 saturated carbocycles. The van der Waals surface area contributed by atoms with E-state index in [9.17, 15) is 9.59 Å². The van der Waals surface area contributed by atoms with Crippen LogP contribution in [0.15, 0.2) is 0 Å². The molecule has 0 aliphatic carbocycles. The van der Waals surface area contributed by atoms with Crippen LogP contribution < -0.4 is 5.32 Å². The SMILES string of the molecule is CC1CN(C(=O)C2CCN(C(=O)N3CCCC3)CC2)CCN1.Cl. The van der Waals surface area contributed by atoms with Gasteiger partial charge in [0.15, 0.2) is 0 Å². The predicted molar refractivity (Wildman–Crippen MR) is 91.8 cm³/mol. The summed E-state index contributed by atoms with van der Waals surface area (Å²) in [4.78, 5) is 30.9. The number of nitrogens with zero attached hydrogens (tertiary/aromatic N) is 3. The monoisotopic (exact) mass is 344 g/mol. The predicted octanol–water partition coefficient (Wildman–Crippen LogP) is 1.16. The number of nitrogens with one attached hydrogen (secondary N) is 1. The highest BCUT2D eigenvalue weighted by Crippen LogP contribution is 2.22. The molecule has 0 aromatic carbocycles. The molecule has 1 N–H and O–H groups in total. The van der Waals surface area contributed by atoms with E-state index in [0.29, 0.717) is 11.9 Å². The lowest BCUT2D eigenvalue weighted by Crippen LogP contribution is -2.54. The van der Waals surface area contributed by atoms with E-state index in [1.54, 1.807) is 0 Å². The molecule has 1 unspecified atom stereocenters. The van der Waals surface area contributed by atoms with Crippen LogP contribution in [0.4, 0.5) is 4.79 Å². The van der Waals surface area contributed by atoms with Gasteiger partial charge in [0.05, 0.1) is 0 Å². The third-order valence-electron chi connectivity index (χ3n) is 5.17. The first-order valence-electron chi connectivity index (χ1n) is 8.71. The van der Waals surface area contributed by atoms with Gasteiger partial charge in [-0.2, -0.15) is 0 Å². The maximum absolute atomic E-state index is 12.6. The molecule has 3 rings (SSSR count). The number of piperazine rings is 1. The molecule has 7 heteroatoms. The molecule has 6 nitrogen and oxygen atoms in total. The second-order valence-electron chi connectivity index (χ2n) is 6.88. The van der Waals surface area contributed by atoms with Gasteiger partial charge in [-0.25, -0.2) is 4.79 Å². The lowest BCUT2D eigenvalue weighted by Gasteiger charge is -2.38. The van der Waals surface area contributed by atoms with E-state index in [4.69, 9.17) is 0 Å². The van der Waals surface area contributed by atoms with Gasteiger partial charge in [-0.15, -0.1) is 12.4 Å². The van der Waals surface area contributed by atoms with Gasteiger partial charge in [-0.3, -0.25) is 4.79 Å². The summed E-state index contributed by atoms with van der Waals surface area (Å²) in [6.45, 7) is 7.89. The number of hydrogen-bond donors (Lipinski definition) is 1. The van der Waals surface area contributed by atoms with E-state index in [2.05, 4.69) is 12.2 Å². The molecule has 3 amide bonds. The highest BCUT2D eigenvalue weighted by atomic mass is 35.5. The van der Waals surface area contributed by atoms with Crippen molar-refractivity contribution in [3.05, 3.63) is 0 Å². The number of halogens is 1. The Balaban J connectivity index is 0.00000192. The van der Waals surface area contributed by atoms with E-state index in [-0.39, 0.29) is 24.4 Å². The van der Waals surface area contributed by atoms with Crippen LogP contribution in [0.25, 0.3) is 0 Å². The number of amides is 3. The van der Waals surface area contributed by atoms with E-state index in [1.807, 2.05) is 14.7 Å². The Kier molecular flexibility index (Phi) is 6.53. The summed E-state index contributed by atoms with van der Waals surface area (Å²) in [5.41, 5.74) is 0. The summed E-state index contributed by atoms with van der Waals surface area (Å²) in [6, 6.07) is 0.564. The van der Waals surface area contributed by atoms with Crippen molar-refractivity contribution in [2.75, 3.05) is 45.8 Å². The minimum atomic E-state index is 0. The van der Waals surface area contributed by atoms with Crippen LogP contribution in [0.5, 0.6) is 0 Å². The molecule has 23 heavy (non-hydrogen) atoms. The number of urea groups is 1. The second kappa shape index (κ2) is 8.20. The fourth-order valence-corrected chi connectivity index (χ4v) is 3.82. The Morgan fingerprint density at radius 1 is 0.913 bits per heavy atom. The fraction of sp³-hybridized carbons (Fsp3) is 0.875. The number of piperidine rings is 1. The average molecular weight is 345 g/mol. The van der Waals surface area contributed by atoms with Crippen molar-refractivity contribution in [2.45, 2.75) is 38.6 Å². The van der Waals surface area contributed by atoms with Crippen LogP contribution in [0, 0.1) is 5.92 Å². The first kappa shape index (κ1) is 18.3. The molecule has 3 saturated heterocycles. The zero-order valence-electron chi connectivity index (χ0n) is 14.0. The van der Waals surface area contributed by atoms with Crippen LogP contribution in [-0.4, -0.2) is 78.5 Å². The van der Waals surface area contributed by atoms with Gasteiger partial charge in [-0.1, -0.05) is 0 Å². The third-order valence-corrected chi connectivity index (χ3v) is 5.17. The average Bonchev–Trinajstić information content (AvgIpc) is 3.08. The summed E-state index contributed by atoms with van der Waals surface area (Å²) >= 11 is 0. The van der Waals surface area contributed by atoms with Crippen LogP contribution >= 0.6 is 12.4 Å². The largest absolute Gasteiger partial charge is 0.340 e. The standard InChI is InChI=1S/C16H28N4O2.ClH/c1-13-12-20(11-6-17-13)15(21)14-4-9-19(10-5-14)16(22)18-7-2-3-8-18;/h13-14,17H,2-12H2,1H3;1H. The molecule has 132 valence electrons. The van der Waals surface area contributed by atoms with Crippen molar-refractivity contribution in [3.63, 3.8) is 0 Å². The van der Waals surface area contributed by atoms with E-state index in [1.165, 1.54) is 0 Å². The minimum Gasteiger partial charge on any atom is -0.340 e. The van der Waals surface area contributed by atoms with Crippen molar-refractivity contribution in [2.24, 2.45) is 5.92 Å². The minimum absolute atomic E-state index is 0. The number of rotatable bonds is 1. The Hall–Kier alpha value is -1.01. The van der Waals surface area contributed by atoms with E-state index in [0.717, 1.165) is 71.5 Å². The van der Waals surface area contributed by atoms with Gasteiger partial charge in [0, 0.05) is 57.8 Å². The van der Waals surface area contributed by atoms with Gasteiger partial charge < -0.3 is 20.0 Å². The van der Waals surface area contributed by atoms with Crippen molar-refractivity contribution in [1.29, 1.82) is 0 Å². The summed E-state index contributed by atoms with van der Waals surface area (Å²) in [5, 5.41) is 3.37. The van der Waals surface area contributed by atoms with Crippen molar-refractivity contribution in [1.82, 2.24) is 20.0 Å². The Bertz CT molecular complexity index is 420. The molecular weight excluding hydrogens is 316 g/mol. The normalized spacial score (nSPS) is 26.1. The second-order valence-corrected chi connectivity index (χ2v) is 6.88. The van der Waals surface area contributed by atoms with Gasteiger partial charge in [0.2, 0.25) is 5.91 Å². The van der Waals surface area contributed by atoms with Gasteiger partial charge >= 0.3 is 6.03 Å².